The van der Waals surface area contributed by atoms with Gasteiger partial charge in [0.05, 0.1) is 22.2 Å². The highest BCUT2D eigenvalue weighted by atomic mass is 15.1. The molecule has 2 heterocycles. The number of rotatable bonds is 6. The van der Waals surface area contributed by atoms with Crippen LogP contribution in [-0.2, 0) is 11.0 Å². The minimum atomic E-state index is -0.584. The summed E-state index contributed by atoms with van der Waals surface area (Å²) in [7, 11) is 0. The molecule has 2 unspecified atom stereocenters. The van der Waals surface area contributed by atoms with E-state index in [0.29, 0.717) is 0 Å². The van der Waals surface area contributed by atoms with E-state index in [-0.39, 0.29) is 5.92 Å². The maximum Gasteiger partial charge on any atom is 0.0720 e. The fraction of sp³-hybridized carbons (Fsp3) is 0.0606. The predicted molar refractivity (Wildman–Crippen MR) is 286 cm³/mol. The quantitative estimate of drug-likeness (QED) is 0.162. The van der Waals surface area contributed by atoms with Crippen LogP contribution >= 0.6 is 0 Å². The van der Waals surface area contributed by atoms with Crippen molar-refractivity contribution in [2.45, 2.75) is 17.9 Å². The molecule has 2 heteroatoms. The third-order valence-corrected chi connectivity index (χ3v) is 15.1. The number of benzene rings is 8. The van der Waals surface area contributed by atoms with Crippen LogP contribution in [0.3, 0.4) is 0 Å². The van der Waals surface area contributed by atoms with Crippen molar-refractivity contribution < 1.29 is 0 Å². The lowest BCUT2D eigenvalue weighted by Crippen LogP contribution is -2.38. The van der Waals surface area contributed by atoms with E-state index in [1.807, 2.05) is 0 Å². The number of allylic oxidation sites excluding steroid dienone is 12. The zero-order valence-corrected chi connectivity index (χ0v) is 37.9. The first kappa shape index (κ1) is 39.9. The molecule has 4 aliphatic rings. The lowest BCUT2D eigenvalue weighted by molar-refractivity contribution is 0.355. The third kappa shape index (κ3) is 5.90. The second-order valence-electron chi connectivity index (χ2n) is 18.7. The molecule has 8 aromatic carbocycles. The highest BCUT2D eigenvalue weighted by molar-refractivity contribution is 6.15. The second kappa shape index (κ2) is 15.6. The molecule has 3 aliphatic carbocycles. The number of hydrogen-bond acceptors (Lipinski definition) is 1. The van der Waals surface area contributed by atoms with Gasteiger partial charge >= 0.3 is 0 Å². The summed E-state index contributed by atoms with van der Waals surface area (Å²) < 4.78 is 2.65. The summed E-state index contributed by atoms with van der Waals surface area (Å²) in [5.74, 6) is 0.154. The molecule has 0 bridgehead atoms. The van der Waals surface area contributed by atoms with Gasteiger partial charge in [0.15, 0.2) is 0 Å². The third-order valence-electron chi connectivity index (χ3n) is 15.1. The highest BCUT2D eigenvalue weighted by Crippen LogP contribution is 2.60. The molecule has 0 fully saturated rings. The molecule has 0 saturated heterocycles. The Bertz CT molecular complexity index is 3650. The standard InChI is InChI=1S/C66H48N2/c1-45-43-50(40-42-67(60-31-17-14-27-54(45)60)53-35-32-47(33-36-53)46-19-6-3-7-20-46)49-34-38-61-57(44-49)63-62(68(61)65(2)41-18-22-48-21-12-15-29-58(48)65)39-37-56-55-28-13-16-30-59(55)66(64(56)63,51-23-8-4-9-24-51)52-25-10-5-11-26-52/h3-44,58H,1H2,2H3/b42-40-,50-43+. The Kier molecular flexibility index (Phi) is 9.13. The van der Waals surface area contributed by atoms with Gasteiger partial charge in [-0.2, -0.15) is 0 Å². The smallest absolute Gasteiger partial charge is 0.0720 e. The van der Waals surface area contributed by atoms with Crippen LogP contribution in [0.5, 0.6) is 0 Å². The van der Waals surface area contributed by atoms with Crippen molar-refractivity contribution in [1.82, 2.24) is 4.57 Å². The van der Waals surface area contributed by atoms with Crippen LogP contribution in [0.25, 0.3) is 55.2 Å². The fourth-order valence-electron chi connectivity index (χ4n) is 12.0. The Morgan fingerprint density at radius 1 is 0.544 bits per heavy atom. The molecule has 0 N–H and O–H groups in total. The van der Waals surface area contributed by atoms with Gasteiger partial charge in [0, 0.05) is 39.7 Å². The monoisotopic (exact) mass is 868 g/mol. The van der Waals surface area contributed by atoms with E-state index in [9.17, 15) is 0 Å². The lowest BCUT2D eigenvalue weighted by Gasteiger charge is -2.40. The molecule has 13 rings (SSSR count). The van der Waals surface area contributed by atoms with E-state index in [1.165, 1.54) is 71.9 Å². The first-order chi connectivity index (χ1) is 33.5. The van der Waals surface area contributed by atoms with Gasteiger partial charge < -0.3 is 9.47 Å². The summed E-state index contributed by atoms with van der Waals surface area (Å²) in [6.45, 7) is 7.15. The molecular weight excluding hydrogens is 821 g/mol. The predicted octanol–water partition coefficient (Wildman–Crippen LogP) is 16.5. The maximum absolute atomic E-state index is 4.73. The Hall–Kier alpha value is -8.46. The van der Waals surface area contributed by atoms with Crippen molar-refractivity contribution in [3.8, 4) is 22.3 Å². The Balaban J connectivity index is 1.08. The fourth-order valence-corrected chi connectivity index (χ4v) is 12.0. The Morgan fingerprint density at radius 2 is 1.19 bits per heavy atom. The zero-order chi connectivity index (χ0) is 45.4. The van der Waals surface area contributed by atoms with Gasteiger partial charge in [-0.05, 0) is 122 Å². The van der Waals surface area contributed by atoms with Crippen molar-refractivity contribution in [3.05, 3.63) is 301 Å². The molecule has 0 radical (unpaired) electrons. The van der Waals surface area contributed by atoms with Gasteiger partial charge in [-0.25, -0.2) is 0 Å². The first-order valence-corrected chi connectivity index (χ1v) is 23.7. The molecule has 68 heavy (non-hydrogen) atoms. The van der Waals surface area contributed by atoms with Gasteiger partial charge in [0.25, 0.3) is 0 Å². The summed E-state index contributed by atoms with van der Waals surface area (Å²) in [5.41, 5.74) is 19.4. The molecule has 9 aromatic rings. The summed E-state index contributed by atoms with van der Waals surface area (Å²) >= 11 is 0. The lowest BCUT2D eigenvalue weighted by atomic mass is 9.67. The van der Waals surface area contributed by atoms with Gasteiger partial charge in [-0.3, -0.25) is 0 Å². The molecule has 1 aromatic heterocycles. The van der Waals surface area contributed by atoms with E-state index in [4.69, 9.17) is 6.58 Å². The molecule has 1 aliphatic heterocycles. The van der Waals surface area contributed by atoms with Gasteiger partial charge in [0.2, 0.25) is 0 Å². The Labute approximate surface area is 398 Å². The molecule has 2 atom stereocenters. The SMILES string of the molecule is C=C1/C=C(c2ccc3c(c2)c2c4c(ccc2n3C2(C)C=CC=C3C=CC=CC32)-c2ccccc2C4(c2ccccc2)c2ccccc2)\C=C/N(c2ccc(-c3ccccc3)cc2)c2ccccc21. The van der Waals surface area contributed by atoms with Crippen LogP contribution in [0, 0.1) is 5.92 Å². The van der Waals surface area contributed by atoms with Gasteiger partial charge in [-0.15, -0.1) is 0 Å². The van der Waals surface area contributed by atoms with Crippen LogP contribution < -0.4 is 4.90 Å². The van der Waals surface area contributed by atoms with Crippen LogP contribution in [-0.4, -0.2) is 4.57 Å². The second-order valence-corrected chi connectivity index (χ2v) is 18.7. The minimum Gasteiger partial charge on any atom is -0.330 e. The van der Waals surface area contributed by atoms with Crippen molar-refractivity contribution >= 4 is 44.3 Å². The first-order valence-electron chi connectivity index (χ1n) is 23.7. The van der Waals surface area contributed by atoms with Crippen molar-refractivity contribution in [2.75, 3.05) is 4.90 Å². The van der Waals surface area contributed by atoms with Crippen LogP contribution in [0.15, 0.2) is 267 Å². The molecule has 0 saturated carbocycles. The average Bonchev–Trinajstić information content (AvgIpc) is 3.90. The van der Waals surface area contributed by atoms with E-state index in [2.05, 4.69) is 271 Å². The van der Waals surface area contributed by atoms with Crippen LogP contribution in [0.2, 0.25) is 0 Å². The summed E-state index contributed by atoms with van der Waals surface area (Å²) in [6.07, 6.45) is 22.8. The van der Waals surface area contributed by atoms with E-state index in [1.54, 1.807) is 0 Å². The largest absolute Gasteiger partial charge is 0.330 e. The van der Waals surface area contributed by atoms with Crippen LogP contribution in [0.4, 0.5) is 11.4 Å². The molecule has 322 valence electrons. The van der Waals surface area contributed by atoms with Crippen LogP contribution in [0.1, 0.15) is 40.3 Å². The number of aromatic nitrogens is 1. The Morgan fingerprint density at radius 3 is 1.96 bits per heavy atom. The van der Waals surface area contributed by atoms with Gasteiger partial charge in [0.1, 0.15) is 0 Å². The number of fused-ring (bicyclic) bond motifs is 9. The molecule has 0 amide bonds. The van der Waals surface area contributed by atoms with E-state index < -0.39 is 11.0 Å². The summed E-state index contributed by atoms with van der Waals surface area (Å²) in [6, 6.07) is 71.6. The average molecular weight is 869 g/mol. The number of nitrogens with zero attached hydrogens (tertiary/aromatic N) is 2. The zero-order valence-electron chi connectivity index (χ0n) is 37.9. The maximum atomic E-state index is 4.73. The molecule has 2 nitrogen and oxygen atoms in total. The van der Waals surface area contributed by atoms with Crippen molar-refractivity contribution in [2.24, 2.45) is 5.92 Å². The molecular formula is C66H48N2. The highest BCUT2D eigenvalue weighted by Gasteiger charge is 2.48. The number of hydrogen-bond donors (Lipinski definition) is 0. The van der Waals surface area contributed by atoms with Crippen molar-refractivity contribution in [1.29, 1.82) is 0 Å². The van der Waals surface area contributed by atoms with E-state index >= 15 is 0 Å². The minimum absolute atomic E-state index is 0.154. The normalized spacial score (nSPS) is 19.9. The number of anilines is 2. The topological polar surface area (TPSA) is 8.17 Å². The summed E-state index contributed by atoms with van der Waals surface area (Å²) in [5, 5.41) is 2.51. The van der Waals surface area contributed by atoms with Gasteiger partial charge in [-0.1, -0.05) is 207 Å². The van der Waals surface area contributed by atoms with E-state index in [0.717, 1.165) is 33.6 Å². The number of para-hydroxylation sites is 1. The molecule has 0 spiro atoms. The van der Waals surface area contributed by atoms with Crippen molar-refractivity contribution in [3.63, 3.8) is 0 Å². The summed E-state index contributed by atoms with van der Waals surface area (Å²) in [4.78, 5) is 2.30.